The van der Waals surface area contributed by atoms with Crippen LogP contribution in [0.5, 0.6) is 0 Å². The predicted molar refractivity (Wildman–Crippen MR) is 150 cm³/mol. The first-order valence-electron chi connectivity index (χ1n) is 11.8. The smallest absolute Gasteiger partial charge is 0.293 e. The lowest BCUT2D eigenvalue weighted by Crippen LogP contribution is -2.30. The molecule has 0 heterocycles. The number of rotatable bonds is 10. The second-order valence-corrected chi connectivity index (χ2v) is 11.4. The van der Waals surface area contributed by atoms with E-state index in [4.69, 9.17) is 0 Å². The van der Waals surface area contributed by atoms with E-state index in [9.17, 15) is 27.7 Å². The van der Waals surface area contributed by atoms with Crippen molar-refractivity contribution in [3.05, 3.63) is 118 Å². The highest BCUT2D eigenvalue weighted by molar-refractivity contribution is 7.99. The van der Waals surface area contributed by atoms with Crippen LogP contribution >= 0.6 is 11.8 Å². The Bertz CT molecular complexity index is 1590. The number of carbonyl (C=O) groups is 1. The van der Waals surface area contributed by atoms with Crippen LogP contribution < -0.4 is 10.0 Å². The third kappa shape index (κ3) is 7.21. The van der Waals surface area contributed by atoms with Crippen molar-refractivity contribution in [2.45, 2.75) is 16.7 Å². The van der Waals surface area contributed by atoms with E-state index in [0.29, 0.717) is 17.9 Å². The number of hydrogen-bond donors (Lipinski definition) is 2. The number of anilines is 1. The Morgan fingerprint density at radius 2 is 1.54 bits per heavy atom. The molecular formula is C28H24FN3O5S2. The monoisotopic (exact) mass is 565 g/mol. The highest BCUT2D eigenvalue weighted by Crippen LogP contribution is 2.28. The van der Waals surface area contributed by atoms with Crippen molar-refractivity contribution in [3.63, 3.8) is 0 Å². The van der Waals surface area contributed by atoms with E-state index in [1.54, 1.807) is 36.0 Å². The van der Waals surface area contributed by atoms with Crippen LogP contribution in [0.25, 0.3) is 11.1 Å². The molecule has 4 aromatic carbocycles. The quantitative estimate of drug-likeness (QED) is 0.104. The van der Waals surface area contributed by atoms with Gasteiger partial charge in [0.25, 0.3) is 21.6 Å². The minimum Gasteiger partial charge on any atom is -0.379 e. The van der Waals surface area contributed by atoms with Gasteiger partial charge in [-0.15, -0.1) is 11.8 Å². The van der Waals surface area contributed by atoms with Gasteiger partial charge in [0.15, 0.2) is 0 Å². The molecule has 0 saturated heterocycles. The number of nitrogens with one attached hydrogen (secondary N) is 2. The molecule has 2 N–H and O–H groups in total. The molecule has 0 radical (unpaired) electrons. The second kappa shape index (κ2) is 12.1. The summed E-state index contributed by atoms with van der Waals surface area (Å²) < 4.78 is 40.8. The highest BCUT2D eigenvalue weighted by atomic mass is 32.2. The molecule has 0 fully saturated rings. The maximum absolute atomic E-state index is 13.1. The summed E-state index contributed by atoms with van der Waals surface area (Å²) in [5.41, 5.74) is 2.42. The van der Waals surface area contributed by atoms with Gasteiger partial charge in [-0.3, -0.25) is 14.9 Å². The maximum atomic E-state index is 13.1. The van der Waals surface area contributed by atoms with Crippen LogP contribution in [-0.2, 0) is 10.0 Å². The van der Waals surface area contributed by atoms with Crippen LogP contribution in [0.2, 0.25) is 0 Å². The fourth-order valence-corrected chi connectivity index (χ4v) is 5.43. The molecule has 0 aliphatic rings. The van der Waals surface area contributed by atoms with Crippen molar-refractivity contribution < 1.29 is 22.5 Å². The lowest BCUT2D eigenvalue weighted by atomic mass is 10.0. The molecule has 0 aromatic heterocycles. The molecule has 1 amide bonds. The molecule has 39 heavy (non-hydrogen) atoms. The SMILES string of the molecule is Cc1ccc(SCCNc2ccc(S(=O)(=O)NC(=O)c3ccc(-c4ccc(F)cc4)cc3)cc2[N+](=O)[O-])cc1. The Labute approximate surface area is 229 Å². The van der Waals surface area contributed by atoms with Crippen LogP contribution in [-0.4, -0.2) is 31.5 Å². The lowest BCUT2D eigenvalue weighted by molar-refractivity contribution is -0.384. The number of hydrogen-bond acceptors (Lipinski definition) is 7. The van der Waals surface area contributed by atoms with Gasteiger partial charge in [0.05, 0.1) is 9.82 Å². The molecule has 0 spiro atoms. The maximum Gasteiger partial charge on any atom is 0.293 e. The van der Waals surface area contributed by atoms with Crippen LogP contribution in [0.1, 0.15) is 15.9 Å². The molecule has 0 unspecified atom stereocenters. The third-order valence-electron chi connectivity index (χ3n) is 5.74. The number of halogens is 1. The number of thioether (sulfide) groups is 1. The first kappa shape index (κ1) is 27.8. The third-order valence-corrected chi connectivity index (χ3v) is 8.08. The zero-order chi connectivity index (χ0) is 28.0. The fourth-order valence-electron chi connectivity index (χ4n) is 3.66. The number of nitrogens with zero attached hydrogens (tertiary/aromatic N) is 1. The molecule has 4 aromatic rings. The van der Waals surface area contributed by atoms with E-state index < -0.39 is 31.4 Å². The summed E-state index contributed by atoms with van der Waals surface area (Å²) in [4.78, 5) is 24.3. The number of sulfonamides is 1. The van der Waals surface area contributed by atoms with Crippen molar-refractivity contribution in [1.82, 2.24) is 4.72 Å². The molecule has 0 aliphatic heterocycles. The Balaban J connectivity index is 1.42. The Morgan fingerprint density at radius 1 is 0.923 bits per heavy atom. The van der Waals surface area contributed by atoms with Crippen LogP contribution in [0.3, 0.4) is 0 Å². The first-order valence-corrected chi connectivity index (χ1v) is 14.2. The van der Waals surface area contributed by atoms with Gasteiger partial charge < -0.3 is 5.32 Å². The highest BCUT2D eigenvalue weighted by Gasteiger charge is 2.24. The number of amides is 1. The second-order valence-electron chi connectivity index (χ2n) is 8.54. The van der Waals surface area contributed by atoms with Gasteiger partial charge >= 0.3 is 0 Å². The van der Waals surface area contributed by atoms with Crippen LogP contribution in [0.15, 0.2) is 101 Å². The largest absolute Gasteiger partial charge is 0.379 e. The summed E-state index contributed by atoms with van der Waals surface area (Å²) in [6, 6.07) is 23.3. The minimum absolute atomic E-state index is 0.0725. The van der Waals surface area contributed by atoms with Crippen molar-refractivity contribution in [2.75, 3.05) is 17.6 Å². The zero-order valence-corrected chi connectivity index (χ0v) is 22.4. The average molecular weight is 566 g/mol. The molecule has 0 atom stereocenters. The standard InChI is InChI=1S/C28H24FN3O5S2/c1-19-2-12-24(13-3-19)38-17-16-30-26-15-14-25(18-27(26)32(34)35)39(36,37)31-28(33)22-6-4-20(5-7-22)21-8-10-23(29)11-9-21/h2-15,18,30H,16-17H2,1H3,(H,31,33). The molecule has 0 aliphatic carbocycles. The van der Waals surface area contributed by atoms with Crippen molar-refractivity contribution in [2.24, 2.45) is 0 Å². The average Bonchev–Trinajstić information content (AvgIpc) is 2.92. The Kier molecular flexibility index (Phi) is 8.62. The van der Waals surface area contributed by atoms with Crippen molar-refractivity contribution >= 4 is 39.1 Å². The molecule has 11 heteroatoms. The summed E-state index contributed by atoms with van der Waals surface area (Å²) in [6.45, 7) is 2.41. The van der Waals surface area contributed by atoms with E-state index in [1.165, 1.54) is 36.4 Å². The Hall–Kier alpha value is -4.22. The number of nitro groups is 1. The summed E-state index contributed by atoms with van der Waals surface area (Å²) in [5.74, 6) is -0.629. The summed E-state index contributed by atoms with van der Waals surface area (Å²) >= 11 is 1.58. The van der Waals surface area contributed by atoms with E-state index in [-0.39, 0.29) is 17.1 Å². The molecule has 0 bridgehead atoms. The number of carbonyl (C=O) groups excluding carboxylic acids is 1. The molecular weight excluding hydrogens is 541 g/mol. The van der Waals surface area contributed by atoms with Gasteiger partial charge in [0.2, 0.25) is 0 Å². The number of benzene rings is 4. The first-order chi connectivity index (χ1) is 18.6. The fraction of sp³-hybridized carbons (Fsp3) is 0.107. The minimum atomic E-state index is -4.39. The van der Waals surface area contributed by atoms with Gasteiger partial charge in [-0.1, -0.05) is 42.0 Å². The van der Waals surface area contributed by atoms with E-state index in [2.05, 4.69) is 5.32 Å². The van der Waals surface area contributed by atoms with E-state index in [1.807, 2.05) is 35.9 Å². The summed E-state index contributed by atoms with van der Waals surface area (Å²) in [6.07, 6.45) is 0. The predicted octanol–water partition coefficient (Wildman–Crippen LogP) is 6.03. The Morgan fingerprint density at radius 3 is 2.15 bits per heavy atom. The van der Waals surface area contributed by atoms with Gasteiger partial charge in [-0.25, -0.2) is 17.5 Å². The summed E-state index contributed by atoms with van der Waals surface area (Å²) in [5, 5.41) is 14.6. The van der Waals surface area contributed by atoms with Crippen molar-refractivity contribution in [3.8, 4) is 11.1 Å². The molecule has 0 saturated carbocycles. The molecule has 4 rings (SSSR count). The van der Waals surface area contributed by atoms with E-state index >= 15 is 0 Å². The van der Waals surface area contributed by atoms with Crippen LogP contribution in [0, 0.1) is 22.9 Å². The topological polar surface area (TPSA) is 118 Å². The van der Waals surface area contributed by atoms with Gasteiger partial charge in [0.1, 0.15) is 11.5 Å². The van der Waals surface area contributed by atoms with Gasteiger partial charge in [-0.05, 0) is 66.6 Å². The number of aryl methyl sites for hydroxylation is 1. The zero-order valence-electron chi connectivity index (χ0n) is 20.8. The lowest BCUT2D eigenvalue weighted by Gasteiger charge is -2.11. The number of nitro benzene ring substituents is 1. The molecule has 200 valence electrons. The normalized spacial score (nSPS) is 11.1. The summed E-state index contributed by atoms with van der Waals surface area (Å²) in [7, 11) is -4.39. The molecule has 8 nitrogen and oxygen atoms in total. The van der Waals surface area contributed by atoms with Gasteiger partial charge in [-0.2, -0.15) is 0 Å². The van der Waals surface area contributed by atoms with E-state index in [0.717, 1.165) is 22.1 Å². The van der Waals surface area contributed by atoms with Gasteiger partial charge in [0, 0.05) is 28.8 Å². The van der Waals surface area contributed by atoms with Crippen LogP contribution in [0.4, 0.5) is 15.8 Å². The van der Waals surface area contributed by atoms with Crippen molar-refractivity contribution in [1.29, 1.82) is 0 Å².